The number of rotatable bonds is 8. The van der Waals surface area contributed by atoms with Gasteiger partial charge in [0.15, 0.2) is 0 Å². The fourth-order valence-electron chi connectivity index (χ4n) is 3.91. The van der Waals surface area contributed by atoms with Gasteiger partial charge in [-0.15, -0.1) is 0 Å². The zero-order chi connectivity index (χ0) is 23.8. The predicted octanol–water partition coefficient (Wildman–Crippen LogP) is 4.01. The minimum Gasteiger partial charge on any atom is -0.447 e. The third-order valence-electron chi connectivity index (χ3n) is 5.75. The monoisotopic (exact) mass is 470 g/mol. The third kappa shape index (κ3) is 7.25. The summed E-state index contributed by atoms with van der Waals surface area (Å²) in [6.45, 7) is 5.43. The van der Waals surface area contributed by atoms with Crippen LogP contribution in [0.1, 0.15) is 45.1 Å². The SMILES string of the molecule is CC(C)OC(=O)N1CCC(ON=C2CCN(c3cc(F)c(CNCCF)cc3F)CC2)CC1. The van der Waals surface area contributed by atoms with Gasteiger partial charge in [-0.1, -0.05) is 5.16 Å². The quantitative estimate of drug-likeness (QED) is 0.460. The number of ether oxygens (including phenoxy) is 1. The van der Waals surface area contributed by atoms with Crippen molar-refractivity contribution in [3.8, 4) is 0 Å². The fraction of sp³-hybridized carbons (Fsp3) is 0.652. The normalized spacial score (nSPS) is 17.5. The Balaban J connectivity index is 1.45. The first-order chi connectivity index (χ1) is 15.9. The molecule has 0 aromatic heterocycles. The lowest BCUT2D eigenvalue weighted by molar-refractivity contribution is 0.00415. The molecule has 2 saturated heterocycles. The molecular formula is C23H33F3N4O3. The van der Waals surface area contributed by atoms with Gasteiger partial charge in [0, 0.05) is 76.6 Å². The van der Waals surface area contributed by atoms with Gasteiger partial charge in [0.2, 0.25) is 0 Å². The Labute approximate surface area is 192 Å². The largest absolute Gasteiger partial charge is 0.447 e. The van der Waals surface area contributed by atoms with Crippen LogP contribution in [0, 0.1) is 11.6 Å². The van der Waals surface area contributed by atoms with Crippen molar-refractivity contribution in [2.75, 3.05) is 44.3 Å². The maximum Gasteiger partial charge on any atom is 0.410 e. The zero-order valence-electron chi connectivity index (χ0n) is 19.3. The van der Waals surface area contributed by atoms with Gasteiger partial charge in [0.25, 0.3) is 0 Å². The summed E-state index contributed by atoms with van der Waals surface area (Å²) in [6.07, 6.45) is 2.08. The lowest BCUT2D eigenvalue weighted by Crippen LogP contribution is -2.41. The molecule has 33 heavy (non-hydrogen) atoms. The minimum atomic E-state index is -0.560. The second-order valence-electron chi connectivity index (χ2n) is 8.63. The number of hydrogen-bond acceptors (Lipinski definition) is 6. The Morgan fingerprint density at radius 2 is 1.85 bits per heavy atom. The Morgan fingerprint density at radius 1 is 1.15 bits per heavy atom. The summed E-state index contributed by atoms with van der Waals surface area (Å²) in [5.41, 5.74) is 1.30. The summed E-state index contributed by atoms with van der Waals surface area (Å²) in [5.74, 6) is -1.00. The Kier molecular flexibility index (Phi) is 9.22. The molecule has 1 amide bonds. The molecule has 0 unspecified atom stereocenters. The van der Waals surface area contributed by atoms with Gasteiger partial charge in [-0.05, 0) is 19.9 Å². The van der Waals surface area contributed by atoms with Crippen LogP contribution in [0.3, 0.4) is 0 Å². The molecular weight excluding hydrogens is 437 g/mol. The van der Waals surface area contributed by atoms with E-state index in [-0.39, 0.29) is 42.6 Å². The molecule has 0 spiro atoms. The first kappa shape index (κ1) is 25.1. The van der Waals surface area contributed by atoms with E-state index in [0.717, 1.165) is 5.71 Å². The molecule has 0 atom stereocenters. The van der Waals surface area contributed by atoms with Crippen molar-refractivity contribution >= 4 is 17.5 Å². The molecule has 1 aromatic rings. The number of alkyl halides is 1. The van der Waals surface area contributed by atoms with E-state index in [4.69, 9.17) is 9.57 Å². The van der Waals surface area contributed by atoms with Crippen LogP contribution < -0.4 is 10.2 Å². The molecule has 1 aromatic carbocycles. The Morgan fingerprint density at radius 3 is 2.48 bits per heavy atom. The van der Waals surface area contributed by atoms with Crippen LogP contribution in [0.15, 0.2) is 17.3 Å². The van der Waals surface area contributed by atoms with Gasteiger partial charge in [-0.3, -0.25) is 0 Å². The average Bonchev–Trinajstić information content (AvgIpc) is 2.80. The first-order valence-electron chi connectivity index (χ1n) is 11.5. The molecule has 10 heteroatoms. The summed E-state index contributed by atoms with van der Waals surface area (Å²) in [4.78, 5) is 21.1. The Bertz CT molecular complexity index is 819. The number of carbonyl (C=O) groups excluding carboxylic acids is 1. The number of piperidine rings is 2. The average molecular weight is 471 g/mol. The highest BCUT2D eigenvalue weighted by Crippen LogP contribution is 2.26. The predicted molar refractivity (Wildman–Crippen MR) is 120 cm³/mol. The summed E-state index contributed by atoms with van der Waals surface area (Å²) >= 11 is 0. The van der Waals surface area contributed by atoms with Gasteiger partial charge < -0.3 is 24.7 Å². The van der Waals surface area contributed by atoms with E-state index < -0.39 is 18.3 Å². The van der Waals surface area contributed by atoms with E-state index >= 15 is 0 Å². The molecule has 0 radical (unpaired) electrons. The number of anilines is 1. The minimum absolute atomic E-state index is 0.0521. The van der Waals surface area contributed by atoms with E-state index in [1.54, 1.807) is 9.80 Å². The van der Waals surface area contributed by atoms with Crippen LogP contribution in [0.4, 0.5) is 23.7 Å². The molecule has 2 fully saturated rings. The van der Waals surface area contributed by atoms with Gasteiger partial charge in [-0.2, -0.15) is 0 Å². The maximum absolute atomic E-state index is 14.6. The molecule has 0 saturated carbocycles. The number of likely N-dealkylation sites (tertiary alicyclic amines) is 1. The molecule has 2 aliphatic rings. The number of amides is 1. The third-order valence-corrected chi connectivity index (χ3v) is 5.75. The summed E-state index contributed by atoms with van der Waals surface area (Å²) in [7, 11) is 0. The first-order valence-corrected chi connectivity index (χ1v) is 11.5. The number of benzene rings is 1. The molecule has 2 aliphatic heterocycles. The molecule has 0 bridgehead atoms. The highest BCUT2D eigenvalue weighted by molar-refractivity contribution is 5.86. The van der Waals surface area contributed by atoms with Crippen LogP contribution >= 0.6 is 0 Å². The maximum atomic E-state index is 14.6. The molecule has 184 valence electrons. The van der Waals surface area contributed by atoms with E-state index in [1.165, 1.54) is 12.1 Å². The zero-order valence-corrected chi connectivity index (χ0v) is 19.3. The van der Waals surface area contributed by atoms with Gasteiger partial charge in [0.1, 0.15) is 24.4 Å². The van der Waals surface area contributed by atoms with E-state index in [0.29, 0.717) is 51.9 Å². The summed E-state index contributed by atoms with van der Waals surface area (Å²) in [6, 6.07) is 2.38. The molecule has 7 nitrogen and oxygen atoms in total. The lowest BCUT2D eigenvalue weighted by atomic mass is 10.1. The molecule has 0 aliphatic carbocycles. The van der Waals surface area contributed by atoms with E-state index in [9.17, 15) is 18.0 Å². The van der Waals surface area contributed by atoms with Crippen LogP contribution in [0.5, 0.6) is 0 Å². The molecule has 3 rings (SSSR count). The van der Waals surface area contributed by atoms with Crippen LogP contribution in [-0.4, -0.2) is 68.3 Å². The van der Waals surface area contributed by atoms with Crippen molar-refractivity contribution < 1.29 is 27.5 Å². The van der Waals surface area contributed by atoms with Crippen LogP contribution in [0.25, 0.3) is 0 Å². The number of oxime groups is 1. The van der Waals surface area contributed by atoms with Crippen molar-refractivity contribution in [1.29, 1.82) is 0 Å². The van der Waals surface area contributed by atoms with Gasteiger partial charge in [-0.25, -0.2) is 18.0 Å². The number of hydrogen-bond donors (Lipinski definition) is 1. The lowest BCUT2D eigenvalue weighted by Gasteiger charge is -2.32. The molecule has 1 N–H and O–H groups in total. The standard InChI is InChI=1S/C23H33F3N4O3/c1-16(2)32-23(31)30-11-5-19(6-12-30)33-28-18-3-9-29(10-4-18)22-14-20(25)17(13-21(22)26)15-27-8-7-24/h13-14,16,19,27H,3-12,15H2,1-2H3. The van der Waals surface area contributed by atoms with Crippen molar-refractivity contribution in [1.82, 2.24) is 10.2 Å². The number of carbonyl (C=O) groups is 1. The van der Waals surface area contributed by atoms with Gasteiger partial charge in [0.05, 0.1) is 17.5 Å². The number of halogens is 3. The van der Waals surface area contributed by atoms with Gasteiger partial charge >= 0.3 is 6.09 Å². The van der Waals surface area contributed by atoms with E-state index in [2.05, 4.69) is 10.5 Å². The smallest absolute Gasteiger partial charge is 0.410 e. The second-order valence-corrected chi connectivity index (χ2v) is 8.63. The fourth-order valence-corrected chi connectivity index (χ4v) is 3.91. The van der Waals surface area contributed by atoms with Crippen molar-refractivity contribution in [3.05, 3.63) is 29.3 Å². The van der Waals surface area contributed by atoms with Crippen molar-refractivity contribution in [2.45, 2.75) is 58.3 Å². The molecule has 2 heterocycles. The second kappa shape index (κ2) is 12.1. The summed E-state index contributed by atoms with van der Waals surface area (Å²) in [5, 5.41) is 7.03. The van der Waals surface area contributed by atoms with E-state index in [1.807, 2.05) is 13.8 Å². The van der Waals surface area contributed by atoms with Crippen molar-refractivity contribution in [3.63, 3.8) is 0 Å². The van der Waals surface area contributed by atoms with Crippen LogP contribution in [-0.2, 0) is 16.1 Å². The number of nitrogens with one attached hydrogen (secondary N) is 1. The van der Waals surface area contributed by atoms with Crippen LogP contribution in [0.2, 0.25) is 0 Å². The Hall–Kier alpha value is -2.49. The van der Waals surface area contributed by atoms with Crippen molar-refractivity contribution in [2.24, 2.45) is 5.16 Å². The summed E-state index contributed by atoms with van der Waals surface area (Å²) < 4.78 is 46.3. The topological polar surface area (TPSA) is 66.4 Å². The highest BCUT2D eigenvalue weighted by atomic mass is 19.1. The number of nitrogens with zero attached hydrogens (tertiary/aromatic N) is 3. The highest BCUT2D eigenvalue weighted by Gasteiger charge is 2.26.